The van der Waals surface area contributed by atoms with Gasteiger partial charge in [0.05, 0.1) is 12.1 Å². The van der Waals surface area contributed by atoms with Gasteiger partial charge in [-0.3, -0.25) is 9.59 Å². The van der Waals surface area contributed by atoms with Crippen molar-refractivity contribution in [1.82, 2.24) is 19.4 Å². The Kier molecular flexibility index (Phi) is 4.60. The van der Waals surface area contributed by atoms with Gasteiger partial charge in [0.15, 0.2) is 5.82 Å². The maximum atomic E-state index is 12.8. The lowest BCUT2D eigenvalue weighted by molar-refractivity contribution is 0.0507. The minimum atomic E-state index is -0.553. The van der Waals surface area contributed by atoms with E-state index in [4.69, 9.17) is 4.74 Å². The van der Waals surface area contributed by atoms with Gasteiger partial charge in [-0.1, -0.05) is 6.07 Å². The molecule has 1 aliphatic rings. The summed E-state index contributed by atoms with van der Waals surface area (Å²) in [5.74, 6) is -0.684. The Morgan fingerprint density at radius 3 is 2.80 bits per heavy atom. The summed E-state index contributed by atoms with van der Waals surface area (Å²) in [6.07, 6.45) is 1.55. The summed E-state index contributed by atoms with van der Waals surface area (Å²) in [6.45, 7) is 6.53. The second-order valence-electron chi connectivity index (χ2n) is 7.87. The molecule has 0 bridgehead atoms. The fraction of sp³-hybridized carbons (Fsp3) is 0.333. The van der Waals surface area contributed by atoms with Crippen LogP contribution in [0, 0.1) is 0 Å². The van der Waals surface area contributed by atoms with Gasteiger partial charge in [-0.2, -0.15) is 0 Å². The maximum Gasteiger partial charge on any atom is 0.374 e. The molecule has 0 saturated heterocycles. The van der Waals surface area contributed by atoms with Crippen molar-refractivity contribution in [3.63, 3.8) is 0 Å². The molecular weight excluding hydrogens is 386 g/mol. The lowest BCUT2D eigenvalue weighted by Crippen LogP contribution is -2.47. The Balaban J connectivity index is 1.66. The van der Waals surface area contributed by atoms with Crippen LogP contribution in [0.1, 0.15) is 52.2 Å². The van der Waals surface area contributed by atoms with E-state index in [1.807, 2.05) is 30.5 Å². The number of carbonyl (C=O) groups is 3. The average Bonchev–Trinajstić information content (AvgIpc) is 3.26. The third-order valence-electron chi connectivity index (χ3n) is 5.16. The van der Waals surface area contributed by atoms with E-state index in [1.54, 1.807) is 32.3 Å². The number of aryl methyl sites for hydroxylation is 1. The Bertz CT molecular complexity index is 1190. The van der Waals surface area contributed by atoms with Crippen LogP contribution < -0.4 is 10.6 Å². The highest BCUT2D eigenvalue weighted by Crippen LogP contribution is 2.31. The van der Waals surface area contributed by atoms with Gasteiger partial charge in [0, 0.05) is 36.3 Å². The van der Waals surface area contributed by atoms with Crippen LogP contribution in [-0.2, 0) is 17.3 Å². The van der Waals surface area contributed by atoms with E-state index in [-0.39, 0.29) is 35.6 Å². The summed E-state index contributed by atoms with van der Waals surface area (Å²) in [6, 6.07) is 7.12. The summed E-state index contributed by atoms with van der Waals surface area (Å²) in [7, 11) is 1.65. The van der Waals surface area contributed by atoms with Crippen molar-refractivity contribution in [2.45, 2.75) is 26.3 Å². The fourth-order valence-electron chi connectivity index (χ4n) is 3.73. The Labute approximate surface area is 173 Å². The van der Waals surface area contributed by atoms with Crippen LogP contribution in [0.4, 0.5) is 5.82 Å². The number of hydrogen-bond donors (Lipinski definition) is 2. The van der Waals surface area contributed by atoms with Crippen LogP contribution in [0.15, 0.2) is 30.5 Å². The number of esters is 1. The van der Waals surface area contributed by atoms with Crippen LogP contribution >= 0.6 is 0 Å². The Morgan fingerprint density at radius 2 is 2.07 bits per heavy atom. The summed E-state index contributed by atoms with van der Waals surface area (Å²) < 4.78 is 8.43. The highest BCUT2D eigenvalue weighted by atomic mass is 16.5. The zero-order valence-corrected chi connectivity index (χ0v) is 17.3. The number of anilines is 1. The molecule has 0 saturated carbocycles. The number of aromatic nitrogens is 3. The summed E-state index contributed by atoms with van der Waals surface area (Å²) in [5.41, 5.74) is 1.48. The topological polar surface area (TPSA) is 107 Å². The van der Waals surface area contributed by atoms with E-state index in [1.165, 1.54) is 4.57 Å². The van der Waals surface area contributed by atoms with E-state index in [2.05, 4.69) is 15.6 Å². The quantitative estimate of drug-likeness (QED) is 0.643. The van der Waals surface area contributed by atoms with Gasteiger partial charge in [-0.25, -0.2) is 9.78 Å². The van der Waals surface area contributed by atoms with Crippen molar-refractivity contribution in [1.29, 1.82) is 0 Å². The number of amides is 2. The van der Waals surface area contributed by atoms with Crippen LogP contribution in [-0.4, -0.2) is 45.1 Å². The monoisotopic (exact) mass is 409 g/mol. The number of benzene rings is 1. The fourth-order valence-corrected chi connectivity index (χ4v) is 3.73. The predicted octanol–water partition coefficient (Wildman–Crippen LogP) is 2.28. The highest BCUT2D eigenvalue weighted by molar-refractivity contribution is 6.07. The van der Waals surface area contributed by atoms with E-state index in [0.29, 0.717) is 17.8 Å². The van der Waals surface area contributed by atoms with Crippen molar-refractivity contribution in [2.75, 3.05) is 18.5 Å². The lowest BCUT2D eigenvalue weighted by atomic mass is 10.0. The van der Waals surface area contributed by atoms with Gasteiger partial charge >= 0.3 is 5.97 Å². The molecule has 2 amide bonds. The van der Waals surface area contributed by atoms with Gasteiger partial charge < -0.3 is 24.5 Å². The van der Waals surface area contributed by atoms with Gasteiger partial charge in [0.1, 0.15) is 5.69 Å². The zero-order chi connectivity index (χ0) is 21.6. The van der Waals surface area contributed by atoms with Crippen LogP contribution in [0.25, 0.3) is 10.9 Å². The number of nitrogens with zero attached hydrogens (tertiary/aromatic N) is 3. The van der Waals surface area contributed by atoms with Crippen molar-refractivity contribution in [3.05, 3.63) is 47.5 Å². The number of hydrogen-bond acceptors (Lipinski definition) is 5. The molecule has 0 radical (unpaired) electrons. The van der Waals surface area contributed by atoms with Gasteiger partial charge in [0.2, 0.25) is 5.82 Å². The smallest absolute Gasteiger partial charge is 0.374 e. The van der Waals surface area contributed by atoms with Gasteiger partial charge in [0.25, 0.3) is 11.8 Å². The van der Waals surface area contributed by atoms with Crippen LogP contribution in [0.2, 0.25) is 0 Å². The normalized spacial score (nSPS) is 14.9. The maximum absolute atomic E-state index is 12.8. The van der Waals surface area contributed by atoms with E-state index in [9.17, 15) is 14.4 Å². The first kappa shape index (κ1) is 19.7. The minimum Gasteiger partial charge on any atom is -0.460 e. The molecule has 3 aromatic rings. The van der Waals surface area contributed by atoms with Gasteiger partial charge in [-0.15, -0.1) is 0 Å². The number of rotatable bonds is 4. The molecule has 1 aliphatic heterocycles. The first-order valence-electron chi connectivity index (χ1n) is 9.67. The van der Waals surface area contributed by atoms with E-state index in [0.717, 1.165) is 10.9 Å². The van der Waals surface area contributed by atoms with Crippen molar-refractivity contribution < 1.29 is 19.1 Å². The molecule has 0 atom stereocenters. The molecule has 30 heavy (non-hydrogen) atoms. The number of imidazole rings is 1. The van der Waals surface area contributed by atoms with E-state index >= 15 is 0 Å². The molecule has 2 aromatic heterocycles. The third kappa shape index (κ3) is 3.22. The lowest BCUT2D eigenvalue weighted by Gasteiger charge is -2.34. The number of carbonyl (C=O) groups excluding carboxylic acids is 3. The second-order valence-corrected chi connectivity index (χ2v) is 7.87. The van der Waals surface area contributed by atoms with E-state index < -0.39 is 5.97 Å². The molecule has 9 heteroatoms. The Morgan fingerprint density at radius 1 is 1.30 bits per heavy atom. The van der Waals surface area contributed by atoms with Crippen LogP contribution in [0.5, 0.6) is 0 Å². The van der Waals surface area contributed by atoms with Crippen molar-refractivity contribution in [3.8, 4) is 0 Å². The summed E-state index contributed by atoms with van der Waals surface area (Å²) >= 11 is 0. The zero-order valence-electron chi connectivity index (χ0n) is 17.3. The predicted molar refractivity (Wildman–Crippen MR) is 111 cm³/mol. The molecule has 2 N–H and O–H groups in total. The molecule has 0 unspecified atom stereocenters. The Hall–Kier alpha value is -3.62. The molecule has 0 spiro atoms. The molecule has 4 rings (SSSR count). The molecule has 0 fully saturated rings. The SMILES string of the molecule is CCOC(=O)c1nc(NC(=O)c2ccc3cc4n(c3c2)C(C)(C)CNC4=O)cn1C. The standard InChI is InChI=1S/C21H23N5O4/c1-5-30-20(29)17-23-16(10-25(17)4)24-18(27)13-7-6-12-8-15-19(28)22-11-21(2,3)26(15)14(12)9-13/h6-10H,5,11H2,1-4H3,(H,22,28)(H,24,27). The second kappa shape index (κ2) is 7.01. The molecule has 3 heterocycles. The number of nitrogens with one attached hydrogen (secondary N) is 2. The van der Waals surface area contributed by atoms with Crippen molar-refractivity contribution in [2.24, 2.45) is 7.05 Å². The van der Waals surface area contributed by atoms with Crippen molar-refractivity contribution >= 4 is 34.5 Å². The van der Waals surface area contributed by atoms with Gasteiger partial charge in [-0.05, 0) is 39.0 Å². The average molecular weight is 409 g/mol. The van der Waals surface area contributed by atoms with Crippen LogP contribution in [0.3, 0.4) is 0 Å². The summed E-state index contributed by atoms with van der Waals surface area (Å²) in [5, 5.41) is 6.50. The minimum absolute atomic E-state index is 0.107. The molecule has 9 nitrogen and oxygen atoms in total. The molecular formula is C21H23N5O4. The number of ether oxygens (including phenoxy) is 1. The summed E-state index contributed by atoms with van der Waals surface area (Å²) in [4.78, 5) is 41.2. The molecule has 156 valence electrons. The largest absolute Gasteiger partial charge is 0.460 e. The molecule has 1 aromatic carbocycles. The molecule has 0 aliphatic carbocycles. The number of fused-ring (bicyclic) bond motifs is 3. The first-order chi connectivity index (χ1) is 14.2. The highest BCUT2D eigenvalue weighted by Gasteiger charge is 2.32. The first-order valence-corrected chi connectivity index (χ1v) is 9.67. The third-order valence-corrected chi connectivity index (χ3v) is 5.16.